The minimum Gasteiger partial charge on any atom is -0.360 e. The van der Waals surface area contributed by atoms with Crippen LogP contribution >= 0.6 is 23.2 Å². The van der Waals surface area contributed by atoms with Crippen LogP contribution in [0.5, 0.6) is 0 Å². The van der Waals surface area contributed by atoms with Gasteiger partial charge in [-0.05, 0) is 73.0 Å². The summed E-state index contributed by atoms with van der Waals surface area (Å²) in [5, 5.41) is 10.1. The lowest BCUT2D eigenvalue weighted by Crippen LogP contribution is -2.36. The lowest BCUT2D eigenvalue weighted by atomic mass is 9.87. The summed E-state index contributed by atoms with van der Waals surface area (Å²) in [6, 6.07) is 25.6. The first-order valence-electron chi connectivity index (χ1n) is 18.3. The average Bonchev–Trinajstić information content (AvgIpc) is 3.66. The molecule has 282 valence electrons. The molecular weight excluding hydrogens is 760 g/mol. The third-order valence-electron chi connectivity index (χ3n) is 10.0. The van der Waals surface area contributed by atoms with Crippen LogP contribution in [-0.4, -0.2) is 66.3 Å². The highest BCUT2D eigenvalue weighted by Gasteiger charge is 2.43. The van der Waals surface area contributed by atoms with Crippen molar-refractivity contribution in [2.24, 2.45) is 0 Å². The third kappa shape index (κ3) is 8.58. The molecular formula is C40H44Cl2N6O4SSi. The summed E-state index contributed by atoms with van der Waals surface area (Å²) in [4.78, 5) is 18.0. The molecule has 3 heterocycles. The van der Waals surface area contributed by atoms with Gasteiger partial charge in [-0.25, -0.2) is 9.29 Å². The van der Waals surface area contributed by atoms with Gasteiger partial charge in [0.1, 0.15) is 19.1 Å². The maximum Gasteiger partial charge on any atom is 0.331 e. The Kier molecular flexibility index (Phi) is 11.3. The van der Waals surface area contributed by atoms with Gasteiger partial charge in [-0.15, -0.1) is 0 Å². The van der Waals surface area contributed by atoms with Crippen LogP contribution in [0.4, 0.5) is 5.69 Å². The number of halogens is 2. The number of ether oxygens (including phenoxy) is 1. The number of carbonyl (C=O) groups excluding carboxylic acids is 1. The summed E-state index contributed by atoms with van der Waals surface area (Å²) in [5.74, 6) is 0.669. The molecule has 54 heavy (non-hydrogen) atoms. The molecule has 0 atom stereocenters. The van der Waals surface area contributed by atoms with Gasteiger partial charge in [-0.1, -0.05) is 92.4 Å². The molecule has 14 heteroatoms. The fourth-order valence-electron chi connectivity index (χ4n) is 6.90. The van der Waals surface area contributed by atoms with Crippen LogP contribution < -0.4 is 4.31 Å². The van der Waals surface area contributed by atoms with Crippen LogP contribution in [0.1, 0.15) is 55.1 Å². The van der Waals surface area contributed by atoms with Gasteiger partial charge < -0.3 is 9.30 Å². The molecule has 0 radical (unpaired) electrons. The fraction of sp³-hybridized carbons (Fsp3) is 0.350. The van der Waals surface area contributed by atoms with E-state index >= 15 is 0 Å². The number of aromatic nitrogens is 4. The van der Waals surface area contributed by atoms with Gasteiger partial charge in [0.2, 0.25) is 0 Å². The van der Waals surface area contributed by atoms with Gasteiger partial charge in [-0.3, -0.25) is 4.79 Å². The van der Waals surface area contributed by atoms with Crippen LogP contribution in [0.25, 0.3) is 28.2 Å². The number of carbonyl (C=O) groups is 1. The van der Waals surface area contributed by atoms with Crippen LogP contribution in [0, 0.1) is 0 Å². The summed E-state index contributed by atoms with van der Waals surface area (Å²) in [6.45, 7) is 6.42. The minimum atomic E-state index is -4.15. The third-order valence-corrected chi connectivity index (χ3v) is 14.0. The van der Waals surface area contributed by atoms with Crippen molar-refractivity contribution in [3.8, 4) is 28.2 Å². The standard InChI is InChI=1S/C40H44Cl2N6O4SSi/c1-54(2,3)21-20-52-27-48-40(49)26-47(53(48,50)51)33-11-7-10-32(24-33)46-25-38(34-17-16-31(41)23-35(34)42)43-39(46)22-28-12-14-30(15-13-28)37-19-18-36(44-45-37)29-8-5-4-6-9-29/h7,10-19,23-25,29H,4-6,8-9,20-22,26-27H2,1-3H3. The first-order valence-corrected chi connectivity index (χ1v) is 24.2. The minimum absolute atomic E-state index is 0.310. The molecule has 2 aliphatic rings. The van der Waals surface area contributed by atoms with E-state index in [9.17, 15) is 13.2 Å². The van der Waals surface area contributed by atoms with E-state index in [-0.39, 0.29) is 13.3 Å². The number of rotatable bonds is 12. The molecule has 3 aromatic carbocycles. The lowest BCUT2D eigenvalue weighted by molar-refractivity contribution is -0.127. The van der Waals surface area contributed by atoms with E-state index < -0.39 is 24.2 Å². The predicted octanol–water partition coefficient (Wildman–Crippen LogP) is 9.15. The molecule has 1 saturated carbocycles. The van der Waals surface area contributed by atoms with E-state index in [1.165, 1.54) is 32.1 Å². The number of nitrogens with zero attached hydrogens (tertiary/aromatic N) is 6. The van der Waals surface area contributed by atoms with E-state index in [2.05, 4.69) is 54.1 Å². The Balaban J connectivity index is 1.15. The van der Waals surface area contributed by atoms with Crippen molar-refractivity contribution >= 4 is 53.1 Å². The van der Waals surface area contributed by atoms with Gasteiger partial charge in [0, 0.05) is 55.1 Å². The van der Waals surface area contributed by atoms with Gasteiger partial charge in [0.15, 0.2) is 0 Å². The van der Waals surface area contributed by atoms with Gasteiger partial charge >= 0.3 is 10.2 Å². The zero-order valence-corrected chi connectivity index (χ0v) is 34.0. The number of anilines is 1. The Morgan fingerprint density at radius 1 is 0.870 bits per heavy atom. The highest BCUT2D eigenvalue weighted by molar-refractivity contribution is 7.91. The Morgan fingerprint density at radius 2 is 1.63 bits per heavy atom. The molecule has 1 aliphatic carbocycles. The first kappa shape index (κ1) is 38.2. The van der Waals surface area contributed by atoms with Crippen LogP contribution in [0.2, 0.25) is 35.7 Å². The van der Waals surface area contributed by atoms with Crippen LogP contribution in [0.15, 0.2) is 85.1 Å². The largest absolute Gasteiger partial charge is 0.360 e. The second kappa shape index (κ2) is 16.0. The Morgan fingerprint density at radius 3 is 2.33 bits per heavy atom. The second-order valence-corrected chi connectivity index (χ2v) is 23.5. The van der Waals surface area contributed by atoms with Gasteiger partial charge in [0.25, 0.3) is 5.91 Å². The fourth-order valence-corrected chi connectivity index (χ4v) is 9.58. The van der Waals surface area contributed by atoms with Gasteiger partial charge in [0.05, 0.1) is 27.8 Å². The summed E-state index contributed by atoms with van der Waals surface area (Å²) in [6.07, 6.45) is 8.51. The smallest absolute Gasteiger partial charge is 0.331 e. The maximum atomic E-state index is 13.6. The van der Waals surface area contributed by atoms with Crippen molar-refractivity contribution in [1.82, 2.24) is 24.1 Å². The number of imidazole rings is 1. The number of amides is 1. The molecule has 0 N–H and O–H groups in total. The zero-order chi connectivity index (χ0) is 38.0. The quantitative estimate of drug-likeness (QED) is 0.0914. The van der Waals surface area contributed by atoms with Crippen molar-refractivity contribution in [3.05, 3.63) is 112 Å². The number of benzene rings is 3. The molecule has 0 spiro atoms. The average molecular weight is 804 g/mol. The summed E-state index contributed by atoms with van der Waals surface area (Å²) in [7, 11) is -5.53. The van der Waals surface area contributed by atoms with E-state index in [1.807, 2.05) is 35.0 Å². The van der Waals surface area contributed by atoms with E-state index in [0.717, 1.165) is 37.2 Å². The first-order chi connectivity index (χ1) is 25.9. The van der Waals surface area contributed by atoms with E-state index in [4.69, 9.17) is 32.9 Å². The van der Waals surface area contributed by atoms with E-state index in [1.54, 1.807) is 30.3 Å². The monoisotopic (exact) mass is 802 g/mol. The number of hydrogen-bond acceptors (Lipinski definition) is 7. The van der Waals surface area contributed by atoms with Crippen molar-refractivity contribution in [2.75, 3.05) is 24.2 Å². The topological polar surface area (TPSA) is 111 Å². The Labute approximate surface area is 328 Å². The molecule has 1 aliphatic heterocycles. The molecule has 5 aromatic rings. The molecule has 0 unspecified atom stereocenters. The van der Waals surface area contributed by atoms with Gasteiger partial charge in [-0.2, -0.15) is 22.9 Å². The molecule has 10 nitrogen and oxygen atoms in total. The molecule has 2 fully saturated rings. The van der Waals surface area contributed by atoms with Crippen molar-refractivity contribution < 1.29 is 17.9 Å². The van der Waals surface area contributed by atoms with Crippen LogP contribution in [0.3, 0.4) is 0 Å². The second-order valence-electron chi connectivity index (χ2n) is 15.2. The highest BCUT2D eigenvalue weighted by atomic mass is 35.5. The lowest BCUT2D eigenvalue weighted by Gasteiger charge is -2.21. The molecule has 1 saturated heterocycles. The summed E-state index contributed by atoms with van der Waals surface area (Å²) >= 11 is 12.9. The van der Waals surface area contributed by atoms with Crippen LogP contribution in [-0.2, 0) is 26.2 Å². The molecule has 1 amide bonds. The van der Waals surface area contributed by atoms with Crippen molar-refractivity contribution in [1.29, 1.82) is 0 Å². The van der Waals surface area contributed by atoms with E-state index in [0.29, 0.717) is 57.4 Å². The Bertz CT molecular complexity index is 2240. The zero-order valence-electron chi connectivity index (χ0n) is 30.7. The highest BCUT2D eigenvalue weighted by Crippen LogP contribution is 2.34. The Hall–Kier alpha value is -4.07. The number of hydrogen-bond donors (Lipinski definition) is 0. The normalized spacial score (nSPS) is 16.4. The summed E-state index contributed by atoms with van der Waals surface area (Å²) in [5.41, 5.74) is 6.26. The van der Waals surface area contributed by atoms with Crippen molar-refractivity contribution in [2.45, 2.75) is 70.1 Å². The summed E-state index contributed by atoms with van der Waals surface area (Å²) < 4.78 is 36.8. The predicted molar refractivity (Wildman–Crippen MR) is 217 cm³/mol. The molecule has 0 bridgehead atoms. The maximum absolute atomic E-state index is 13.6. The van der Waals surface area contributed by atoms with Crippen molar-refractivity contribution in [3.63, 3.8) is 0 Å². The molecule has 2 aromatic heterocycles. The molecule has 7 rings (SSSR count). The SMILES string of the molecule is C[Si](C)(C)CCOCN1C(=O)CN(c2cccc(-n3cc(-c4ccc(Cl)cc4Cl)nc3Cc3ccc(-c4ccc(C5CCCCC5)nn4)cc3)c2)S1(=O)=O.